The number of halogens is 2. The molecule has 0 aliphatic heterocycles. The predicted molar refractivity (Wildman–Crippen MR) is 78.8 cm³/mol. The molecule has 0 bridgehead atoms. The van der Waals surface area contributed by atoms with Crippen LogP contribution in [0.3, 0.4) is 0 Å². The molecule has 1 aromatic rings. The molecule has 3 heteroatoms. The van der Waals surface area contributed by atoms with E-state index in [1.54, 1.807) is 12.1 Å². The van der Waals surface area contributed by atoms with Gasteiger partial charge in [0.05, 0.1) is 0 Å². The summed E-state index contributed by atoms with van der Waals surface area (Å²) in [7, 11) is 0. The molecule has 1 aliphatic carbocycles. The molecule has 0 heterocycles. The third-order valence-electron chi connectivity index (χ3n) is 4.52. The zero-order chi connectivity index (χ0) is 14.0. The third-order valence-corrected chi connectivity index (χ3v) is 4.76. The van der Waals surface area contributed by atoms with Crippen molar-refractivity contribution in [3.8, 4) is 0 Å². The maximum absolute atomic E-state index is 13.9. The molecule has 106 valence electrons. The fourth-order valence-corrected chi connectivity index (χ4v) is 3.29. The van der Waals surface area contributed by atoms with E-state index < -0.39 is 0 Å². The standard InChI is InChI=1S/C16H23ClFN/c1-10(2)11-4-6-16(19)13(7-11)8-12-3-5-14(17)9-15(12)18/h3,5,9-11,13,16H,4,6-8,19H2,1-2H3. The van der Waals surface area contributed by atoms with Crippen LogP contribution in [0.5, 0.6) is 0 Å². The van der Waals surface area contributed by atoms with Gasteiger partial charge in [0.1, 0.15) is 5.82 Å². The van der Waals surface area contributed by atoms with Gasteiger partial charge in [-0.1, -0.05) is 31.5 Å². The lowest BCUT2D eigenvalue weighted by atomic mass is 9.72. The number of rotatable bonds is 3. The Morgan fingerprint density at radius 2 is 2.11 bits per heavy atom. The van der Waals surface area contributed by atoms with E-state index in [0.29, 0.717) is 16.9 Å². The Morgan fingerprint density at radius 3 is 2.74 bits per heavy atom. The fourth-order valence-electron chi connectivity index (χ4n) is 3.13. The van der Waals surface area contributed by atoms with E-state index in [2.05, 4.69) is 13.8 Å². The molecule has 3 atom stereocenters. The fraction of sp³-hybridized carbons (Fsp3) is 0.625. The predicted octanol–water partition coefficient (Wildman–Crippen LogP) is 4.42. The topological polar surface area (TPSA) is 26.0 Å². The second-order valence-electron chi connectivity index (χ2n) is 6.18. The number of benzene rings is 1. The van der Waals surface area contributed by atoms with Crippen LogP contribution < -0.4 is 5.73 Å². The number of nitrogens with two attached hydrogens (primary N) is 1. The Hall–Kier alpha value is -0.600. The molecule has 1 aliphatic rings. The van der Waals surface area contributed by atoms with E-state index >= 15 is 0 Å². The summed E-state index contributed by atoms with van der Waals surface area (Å²) in [5.41, 5.74) is 6.97. The zero-order valence-corrected chi connectivity index (χ0v) is 12.5. The number of hydrogen-bond donors (Lipinski definition) is 1. The van der Waals surface area contributed by atoms with E-state index in [-0.39, 0.29) is 11.9 Å². The highest BCUT2D eigenvalue weighted by molar-refractivity contribution is 6.30. The van der Waals surface area contributed by atoms with E-state index in [1.165, 1.54) is 12.5 Å². The van der Waals surface area contributed by atoms with Crippen LogP contribution >= 0.6 is 11.6 Å². The van der Waals surface area contributed by atoms with Gasteiger partial charge in [-0.05, 0) is 61.1 Å². The zero-order valence-electron chi connectivity index (χ0n) is 11.7. The van der Waals surface area contributed by atoms with Crippen LogP contribution in [0.4, 0.5) is 4.39 Å². The minimum Gasteiger partial charge on any atom is -0.327 e. The van der Waals surface area contributed by atoms with Gasteiger partial charge in [-0.2, -0.15) is 0 Å². The first kappa shape index (κ1) is 14.8. The molecule has 1 aromatic carbocycles. The van der Waals surface area contributed by atoms with Gasteiger partial charge in [0, 0.05) is 11.1 Å². The molecule has 0 saturated heterocycles. The molecule has 1 fully saturated rings. The first-order chi connectivity index (χ1) is 8.97. The van der Waals surface area contributed by atoms with E-state index in [0.717, 1.165) is 30.7 Å². The Morgan fingerprint density at radius 1 is 1.37 bits per heavy atom. The monoisotopic (exact) mass is 283 g/mol. The van der Waals surface area contributed by atoms with Gasteiger partial charge in [-0.15, -0.1) is 0 Å². The second-order valence-corrected chi connectivity index (χ2v) is 6.62. The Balaban J connectivity index is 2.07. The molecule has 1 saturated carbocycles. The third kappa shape index (κ3) is 3.70. The highest BCUT2D eigenvalue weighted by Gasteiger charge is 2.30. The molecule has 3 unspecified atom stereocenters. The first-order valence-electron chi connectivity index (χ1n) is 7.17. The largest absolute Gasteiger partial charge is 0.327 e. The van der Waals surface area contributed by atoms with Crippen molar-refractivity contribution in [3.05, 3.63) is 34.6 Å². The van der Waals surface area contributed by atoms with Crippen LogP contribution in [0.15, 0.2) is 18.2 Å². The van der Waals surface area contributed by atoms with Crippen molar-refractivity contribution in [1.29, 1.82) is 0 Å². The molecule has 2 rings (SSSR count). The Bertz CT molecular complexity index is 433. The Labute approximate surface area is 120 Å². The molecule has 0 amide bonds. The average molecular weight is 284 g/mol. The van der Waals surface area contributed by atoms with Gasteiger partial charge >= 0.3 is 0 Å². The lowest BCUT2D eigenvalue weighted by Crippen LogP contribution is -2.38. The lowest BCUT2D eigenvalue weighted by Gasteiger charge is -2.36. The maximum Gasteiger partial charge on any atom is 0.127 e. The summed E-state index contributed by atoms with van der Waals surface area (Å²) in [5, 5.41) is 0.453. The molecule has 1 nitrogen and oxygen atoms in total. The van der Waals surface area contributed by atoms with Gasteiger partial charge in [0.15, 0.2) is 0 Å². The van der Waals surface area contributed by atoms with Crippen molar-refractivity contribution in [3.63, 3.8) is 0 Å². The van der Waals surface area contributed by atoms with Crippen molar-refractivity contribution in [1.82, 2.24) is 0 Å². The van der Waals surface area contributed by atoms with Crippen LogP contribution in [-0.2, 0) is 6.42 Å². The summed E-state index contributed by atoms with van der Waals surface area (Å²) in [6, 6.07) is 5.15. The minimum absolute atomic E-state index is 0.199. The quantitative estimate of drug-likeness (QED) is 0.873. The number of hydrogen-bond acceptors (Lipinski definition) is 1. The van der Waals surface area contributed by atoms with Crippen LogP contribution in [0, 0.1) is 23.6 Å². The Kier molecular flexibility index (Phi) is 4.86. The highest BCUT2D eigenvalue weighted by Crippen LogP contribution is 2.35. The van der Waals surface area contributed by atoms with Gasteiger partial charge in [-0.25, -0.2) is 4.39 Å². The van der Waals surface area contributed by atoms with Crippen LogP contribution in [0.25, 0.3) is 0 Å². The lowest BCUT2D eigenvalue weighted by molar-refractivity contribution is 0.188. The molecular weight excluding hydrogens is 261 g/mol. The van der Waals surface area contributed by atoms with Gasteiger partial charge in [0.2, 0.25) is 0 Å². The summed E-state index contributed by atoms with van der Waals surface area (Å²) in [4.78, 5) is 0. The smallest absolute Gasteiger partial charge is 0.127 e. The van der Waals surface area contributed by atoms with Crippen LogP contribution in [-0.4, -0.2) is 6.04 Å². The molecule has 19 heavy (non-hydrogen) atoms. The summed E-state index contributed by atoms with van der Waals surface area (Å²) in [6.07, 6.45) is 4.11. The maximum atomic E-state index is 13.9. The average Bonchev–Trinajstić information content (AvgIpc) is 2.34. The van der Waals surface area contributed by atoms with E-state index in [9.17, 15) is 4.39 Å². The molecular formula is C16H23ClFN. The summed E-state index contributed by atoms with van der Waals surface area (Å²) >= 11 is 5.79. The van der Waals surface area contributed by atoms with E-state index in [1.807, 2.05) is 0 Å². The first-order valence-corrected chi connectivity index (χ1v) is 7.54. The SMILES string of the molecule is CC(C)C1CCC(N)C(Cc2ccc(Cl)cc2F)C1. The molecule has 2 N–H and O–H groups in total. The van der Waals surface area contributed by atoms with Crippen molar-refractivity contribution < 1.29 is 4.39 Å². The summed E-state index contributed by atoms with van der Waals surface area (Å²) in [6.45, 7) is 4.53. The minimum atomic E-state index is -0.202. The normalized spacial score (nSPS) is 27.8. The summed E-state index contributed by atoms with van der Waals surface area (Å²) < 4.78 is 13.9. The van der Waals surface area contributed by atoms with Crippen LogP contribution in [0.1, 0.15) is 38.7 Å². The van der Waals surface area contributed by atoms with Crippen LogP contribution in [0.2, 0.25) is 5.02 Å². The van der Waals surface area contributed by atoms with Crippen molar-refractivity contribution in [2.24, 2.45) is 23.5 Å². The molecule has 0 aromatic heterocycles. The molecule has 0 spiro atoms. The highest BCUT2D eigenvalue weighted by atomic mass is 35.5. The van der Waals surface area contributed by atoms with Gasteiger partial charge < -0.3 is 5.73 Å². The van der Waals surface area contributed by atoms with Gasteiger partial charge in [0.25, 0.3) is 0 Å². The van der Waals surface area contributed by atoms with Crippen molar-refractivity contribution in [2.75, 3.05) is 0 Å². The van der Waals surface area contributed by atoms with Crippen molar-refractivity contribution >= 4 is 11.6 Å². The van der Waals surface area contributed by atoms with Crippen molar-refractivity contribution in [2.45, 2.75) is 45.6 Å². The summed E-state index contributed by atoms with van der Waals surface area (Å²) in [5.74, 6) is 1.59. The second kappa shape index (κ2) is 6.23. The van der Waals surface area contributed by atoms with E-state index in [4.69, 9.17) is 17.3 Å². The van der Waals surface area contributed by atoms with Gasteiger partial charge in [-0.3, -0.25) is 0 Å². The molecule has 0 radical (unpaired) electrons.